The minimum atomic E-state index is -0.382. The van der Waals surface area contributed by atoms with E-state index in [-0.39, 0.29) is 18.5 Å². The van der Waals surface area contributed by atoms with Gasteiger partial charge in [-0.3, -0.25) is 0 Å². The van der Waals surface area contributed by atoms with Gasteiger partial charge in [0.2, 0.25) is 0 Å². The number of benzene rings is 3. The molecule has 1 aliphatic heterocycles. The van der Waals surface area contributed by atoms with Crippen molar-refractivity contribution in [3.63, 3.8) is 0 Å². The van der Waals surface area contributed by atoms with E-state index in [1.54, 1.807) is 0 Å². The molecule has 4 rings (SSSR count). The average molecular weight is 392 g/mol. The Balaban J connectivity index is 1.38. The molecule has 152 valence electrons. The molecule has 2 unspecified atom stereocenters. The molecule has 0 spiro atoms. The van der Waals surface area contributed by atoms with Gasteiger partial charge in [0.1, 0.15) is 12.2 Å². The minimum absolute atomic E-state index is 0.119. The predicted octanol–water partition coefficient (Wildman–Crippen LogP) is 5.27. The molecule has 1 heterocycles. The maximum atomic E-state index is 6.22. The van der Waals surface area contributed by atoms with E-state index in [4.69, 9.17) is 18.9 Å². The Morgan fingerprint density at radius 1 is 0.931 bits per heavy atom. The van der Waals surface area contributed by atoms with Gasteiger partial charge in [-0.2, -0.15) is 0 Å². The van der Waals surface area contributed by atoms with Crippen LogP contribution >= 0.6 is 0 Å². The zero-order valence-corrected chi connectivity index (χ0v) is 16.8. The summed E-state index contributed by atoms with van der Waals surface area (Å²) in [4.78, 5) is 0. The van der Waals surface area contributed by atoms with Crippen LogP contribution < -0.4 is 0 Å². The molecule has 3 aromatic rings. The Kier molecular flexibility index (Phi) is 6.91. The van der Waals surface area contributed by atoms with E-state index in [0.717, 1.165) is 17.5 Å². The van der Waals surface area contributed by atoms with Crippen LogP contribution in [0, 0.1) is 0 Å². The number of rotatable bonds is 8. The average Bonchev–Trinajstić information content (AvgIpc) is 2.78. The Labute approximate surface area is 172 Å². The van der Waals surface area contributed by atoms with Gasteiger partial charge >= 0.3 is 0 Å². The molecule has 0 N–H and O–H groups in total. The van der Waals surface area contributed by atoms with E-state index >= 15 is 0 Å². The number of ether oxygens (including phenoxy) is 4. The molecule has 1 fully saturated rings. The third-order valence-corrected chi connectivity index (χ3v) is 5.10. The second-order valence-corrected chi connectivity index (χ2v) is 7.36. The highest BCUT2D eigenvalue weighted by molar-refractivity contribution is 5.82. The first kappa shape index (κ1) is 20.0. The third kappa shape index (κ3) is 5.22. The van der Waals surface area contributed by atoms with Crippen LogP contribution in [0.1, 0.15) is 30.8 Å². The minimum Gasteiger partial charge on any atom is -0.374 e. The van der Waals surface area contributed by atoms with Gasteiger partial charge in [0.15, 0.2) is 6.29 Å². The Morgan fingerprint density at radius 3 is 2.55 bits per heavy atom. The third-order valence-electron chi connectivity index (χ3n) is 5.10. The van der Waals surface area contributed by atoms with Gasteiger partial charge in [0.25, 0.3) is 0 Å². The highest BCUT2D eigenvalue weighted by Crippen LogP contribution is 2.28. The van der Waals surface area contributed by atoms with E-state index in [9.17, 15) is 0 Å². The van der Waals surface area contributed by atoms with E-state index in [2.05, 4.69) is 49.4 Å². The molecule has 4 nitrogen and oxygen atoms in total. The summed E-state index contributed by atoms with van der Waals surface area (Å²) in [7, 11) is 0. The fraction of sp³-hybridized carbons (Fsp3) is 0.360. The molecule has 1 aliphatic rings. The van der Waals surface area contributed by atoms with Gasteiger partial charge in [-0.25, -0.2) is 0 Å². The molecule has 0 saturated carbocycles. The molecule has 4 heteroatoms. The fourth-order valence-corrected chi connectivity index (χ4v) is 3.55. The molecule has 3 aromatic carbocycles. The van der Waals surface area contributed by atoms with Gasteiger partial charge in [-0.1, -0.05) is 73.7 Å². The van der Waals surface area contributed by atoms with E-state index in [1.807, 2.05) is 30.3 Å². The van der Waals surface area contributed by atoms with Crippen LogP contribution in [0.25, 0.3) is 10.8 Å². The van der Waals surface area contributed by atoms with Crippen molar-refractivity contribution in [1.82, 2.24) is 0 Å². The molecule has 1 saturated heterocycles. The predicted molar refractivity (Wildman–Crippen MR) is 114 cm³/mol. The summed E-state index contributed by atoms with van der Waals surface area (Å²) >= 11 is 0. The van der Waals surface area contributed by atoms with Crippen molar-refractivity contribution in [1.29, 1.82) is 0 Å². The molecular formula is C25H28O4. The molecule has 0 aliphatic carbocycles. The van der Waals surface area contributed by atoms with Crippen molar-refractivity contribution >= 4 is 10.8 Å². The number of fused-ring (bicyclic) bond motifs is 1. The quantitative estimate of drug-likeness (QED) is 0.524. The number of hydrogen-bond acceptors (Lipinski definition) is 4. The van der Waals surface area contributed by atoms with Crippen molar-refractivity contribution < 1.29 is 18.9 Å². The highest BCUT2D eigenvalue weighted by atomic mass is 16.7. The Bertz CT molecular complexity index is 895. The Hall–Kier alpha value is -2.24. The van der Waals surface area contributed by atoms with E-state index in [0.29, 0.717) is 26.4 Å². The topological polar surface area (TPSA) is 36.9 Å². The number of hydrogen-bond donors (Lipinski definition) is 0. The van der Waals surface area contributed by atoms with Gasteiger partial charge in [0, 0.05) is 12.2 Å². The first-order valence-corrected chi connectivity index (χ1v) is 10.3. The van der Waals surface area contributed by atoms with Gasteiger partial charge in [0.05, 0.1) is 19.8 Å². The van der Waals surface area contributed by atoms with Crippen molar-refractivity contribution in [3.8, 4) is 0 Å². The fourth-order valence-electron chi connectivity index (χ4n) is 3.55. The lowest BCUT2D eigenvalue weighted by atomic mass is 10.1. The second kappa shape index (κ2) is 9.99. The molecule has 0 amide bonds. The summed E-state index contributed by atoms with van der Waals surface area (Å²) in [5.41, 5.74) is 2.17. The molecular weight excluding hydrogens is 364 g/mol. The summed E-state index contributed by atoms with van der Waals surface area (Å²) < 4.78 is 24.1. The molecule has 0 aromatic heterocycles. The van der Waals surface area contributed by atoms with Crippen LogP contribution in [0.3, 0.4) is 0 Å². The lowest BCUT2D eigenvalue weighted by molar-refractivity contribution is -0.274. The van der Waals surface area contributed by atoms with Gasteiger partial charge in [-0.05, 0) is 28.8 Å². The molecule has 29 heavy (non-hydrogen) atoms. The second-order valence-electron chi connectivity index (χ2n) is 7.36. The normalized spacial score (nSPS) is 22.0. The van der Waals surface area contributed by atoms with E-state index < -0.39 is 0 Å². The van der Waals surface area contributed by atoms with Crippen LogP contribution in [0.4, 0.5) is 0 Å². The van der Waals surface area contributed by atoms with Crippen molar-refractivity contribution in [2.45, 2.75) is 38.4 Å². The molecule has 0 radical (unpaired) electrons. The summed E-state index contributed by atoms with van der Waals surface area (Å²) in [6.07, 6.45) is 0.294. The summed E-state index contributed by atoms with van der Waals surface area (Å²) in [6, 6.07) is 24.8. The van der Waals surface area contributed by atoms with Crippen LogP contribution in [0.2, 0.25) is 0 Å². The molecule has 0 bridgehead atoms. The van der Waals surface area contributed by atoms with Crippen LogP contribution in [0.15, 0.2) is 72.8 Å². The zero-order chi connectivity index (χ0) is 19.9. The lowest BCUT2D eigenvalue weighted by Crippen LogP contribution is -2.45. The van der Waals surface area contributed by atoms with Crippen LogP contribution in [-0.2, 0) is 25.6 Å². The largest absolute Gasteiger partial charge is 0.374 e. The van der Waals surface area contributed by atoms with Crippen molar-refractivity contribution in [2.24, 2.45) is 0 Å². The molecule has 3 atom stereocenters. The van der Waals surface area contributed by atoms with Crippen LogP contribution in [0.5, 0.6) is 0 Å². The Morgan fingerprint density at radius 2 is 1.72 bits per heavy atom. The van der Waals surface area contributed by atoms with Gasteiger partial charge < -0.3 is 18.9 Å². The lowest BCUT2D eigenvalue weighted by Gasteiger charge is -2.36. The standard InChI is InChI=1S/C25H28O4/c1-2-14-27-23-18-28-25(21-9-4-3-5-10-21)29-24(23)17-26-16-19-12-13-20-8-6-7-11-22(20)15-19/h3-13,15,23-25H,2,14,16-18H2,1H3/t23?,24-,25?/m0/s1. The first-order valence-electron chi connectivity index (χ1n) is 10.3. The first-order chi connectivity index (χ1) is 14.3. The highest BCUT2D eigenvalue weighted by Gasteiger charge is 2.33. The van der Waals surface area contributed by atoms with Crippen molar-refractivity contribution in [3.05, 3.63) is 83.9 Å². The maximum absolute atomic E-state index is 6.22. The smallest absolute Gasteiger partial charge is 0.184 e. The van der Waals surface area contributed by atoms with E-state index in [1.165, 1.54) is 10.8 Å². The summed E-state index contributed by atoms with van der Waals surface area (Å²) in [6.45, 7) is 4.30. The van der Waals surface area contributed by atoms with Crippen molar-refractivity contribution in [2.75, 3.05) is 19.8 Å². The monoisotopic (exact) mass is 392 g/mol. The summed E-state index contributed by atoms with van der Waals surface area (Å²) in [5.74, 6) is 0. The summed E-state index contributed by atoms with van der Waals surface area (Å²) in [5, 5.41) is 2.46. The van der Waals surface area contributed by atoms with Gasteiger partial charge in [-0.15, -0.1) is 0 Å². The SMILES string of the molecule is CCCOC1COC(c2ccccc2)O[C@H]1COCc1ccc2ccccc2c1. The zero-order valence-electron chi connectivity index (χ0n) is 16.8. The maximum Gasteiger partial charge on any atom is 0.184 e. The van der Waals surface area contributed by atoms with Crippen LogP contribution in [-0.4, -0.2) is 32.0 Å².